The van der Waals surface area contributed by atoms with Crippen molar-refractivity contribution in [3.8, 4) is 0 Å². The summed E-state index contributed by atoms with van der Waals surface area (Å²) >= 11 is 0. The molecule has 0 saturated heterocycles. The van der Waals surface area contributed by atoms with Crippen molar-refractivity contribution >= 4 is 22.9 Å². The van der Waals surface area contributed by atoms with Gasteiger partial charge in [-0.3, -0.25) is 0 Å². The molecule has 0 aromatic heterocycles. The molecule has 2 rings (SSSR count). The van der Waals surface area contributed by atoms with Gasteiger partial charge in [-0.2, -0.15) is 0 Å². The van der Waals surface area contributed by atoms with Gasteiger partial charge in [-0.1, -0.05) is 6.07 Å². The molecule has 1 N–H and O–H groups in total. The van der Waals surface area contributed by atoms with Gasteiger partial charge in [0, 0.05) is 31.2 Å². The molecule has 1 aliphatic heterocycles. The van der Waals surface area contributed by atoms with Crippen molar-refractivity contribution in [1.82, 2.24) is 0 Å². The Kier molecular flexibility index (Phi) is 4.79. The Morgan fingerprint density at radius 2 is 1.64 bits per heavy atom. The molecule has 0 aliphatic carbocycles. The lowest BCUT2D eigenvalue weighted by molar-refractivity contribution is -0.131. The van der Waals surface area contributed by atoms with Crippen molar-refractivity contribution in [2.24, 2.45) is 0 Å². The molecule has 0 bridgehead atoms. The van der Waals surface area contributed by atoms with Crippen molar-refractivity contribution < 1.29 is 9.90 Å². The van der Waals surface area contributed by atoms with Gasteiger partial charge in [0.2, 0.25) is 0 Å². The third kappa shape index (κ3) is 3.26. The summed E-state index contributed by atoms with van der Waals surface area (Å²) in [5.41, 5.74) is 4.19. The Hall–Kier alpha value is -1.97. The molecular formula is C18H26N2O2. The number of hydrogen-bond acceptors (Lipinski definition) is 3. The summed E-state index contributed by atoms with van der Waals surface area (Å²) in [5, 5.41) is 8.94. The third-order valence-electron chi connectivity index (χ3n) is 4.22. The fraction of sp³-hybridized carbons (Fsp3) is 0.500. The van der Waals surface area contributed by atoms with Crippen molar-refractivity contribution in [2.75, 3.05) is 22.9 Å². The lowest BCUT2D eigenvalue weighted by Crippen LogP contribution is -2.46. The highest BCUT2D eigenvalue weighted by Gasteiger charge is 2.26. The quantitative estimate of drug-likeness (QED) is 0.863. The number of anilines is 2. The highest BCUT2D eigenvalue weighted by molar-refractivity contribution is 5.90. The number of aliphatic carboxylic acids is 1. The van der Waals surface area contributed by atoms with Crippen LogP contribution in [0.2, 0.25) is 0 Å². The van der Waals surface area contributed by atoms with Gasteiger partial charge in [0.15, 0.2) is 0 Å². The van der Waals surface area contributed by atoms with Crippen LogP contribution in [0, 0.1) is 0 Å². The Bertz CT molecular complexity index is 591. The second-order valence-electron chi connectivity index (χ2n) is 6.44. The number of nitrogens with zero attached hydrogens (tertiary/aromatic N) is 2. The summed E-state index contributed by atoms with van der Waals surface area (Å²) in [6, 6.07) is 7.14. The zero-order valence-corrected chi connectivity index (χ0v) is 14.1. The molecule has 0 saturated carbocycles. The van der Waals surface area contributed by atoms with Crippen LogP contribution in [0.4, 0.5) is 11.4 Å². The normalized spacial score (nSPS) is 15.5. The van der Waals surface area contributed by atoms with Gasteiger partial charge in [-0.25, -0.2) is 4.79 Å². The van der Waals surface area contributed by atoms with Gasteiger partial charge in [-0.15, -0.1) is 0 Å². The van der Waals surface area contributed by atoms with Crippen LogP contribution in [0.3, 0.4) is 0 Å². The topological polar surface area (TPSA) is 43.8 Å². The van der Waals surface area contributed by atoms with Crippen LogP contribution in [-0.2, 0) is 4.79 Å². The minimum atomic E-state index is -0.903. The molecule has 0 amide bonds. The fourth-order valence-electron chi connectivity index (χ4n) is 3.04. The summed E-state index contributed by atoms with van der Waals surface area (Å²) in [7, 11) is 0. The van der Waals surface area contributed by atoms with E-state index in [-0.39, 0.29) is 0 Å². The van der Waals surface area contributed by atoms with Crippen molar-refractivity contribution in [1.29, 1.82) is 0 Å². The summed E-state index contributed by atoms with van der Waals surface area (Å²) in [6.45, 7) is 12.7. The van der Waals surface area contributed by atoms with E-state index in [0.717, 1.165) is 24.2 Å². The summed E-state index contributed by atoms with van der Waals surface area (Å²) in [6.07, 6.45) is 1.27. The lowest BCUT2D eigenvalue weighted by atomic mass is 10.0. The highest BCUT2D eigenvalue weighted by atomic mass is 16.4. The van der Waals surface area contributed by atoms with Crippen molar-refractivity contribution in [3.05, 3.63) is 29.8 Å². The standard InChI is InChI=1S/C18H26N2O2/c1-12(2)19-8-9-20(13(3)4)17-11-15(6-7-16(17)19)14(5)10-18(21)22/h6-7,10-13H,8-9H2,1-5H3,(H,21,22)/b14-10-. The molecule has 0 unspecified atom stereocenters. The predicted octanol–water partition coefficient (Wildman–Crippen LogP) is 3.62. The number of carbonyl (C=O) groups is 1. The molecule has 4 nitrogen and oxygen atoms in total. The molecule has 0 fully saturated rings. The molecule has 1 aromatic carbocycles. The van der Waals surface area contributed by atoms with Crippen LogP contribution in [0.25, 0.3) is 5.57 Å². The average Bonchev–Trinajstić information content (AvgIpc) is 2.44. The van der Waals surface area contributed by atoms with Gasteiger partial charge in [-0.05, 0) is 57.9 Å². The van der Waals surface area contributed by atoms with E-state index in [1.807, 2.05) is 13.0 Å². The molecule has 1 heterocycles. The van der Waals surface area contributed by atoms with E-state index >= 15 is 0 Å². The van der Waals surface area contributed by atoms with Crippen LogP contribution in [0.1, 0.15) is 40.2 Å². The van der Waals surface area contributed by atoms with Gasteiger partial charge >= 0.3 is 5.97 Å². The summed E-state index contributed by atoms with van der Waals surface area (Å²) in [5.74, 6) is -0.903. The molecule has 120 valence electrons. The number of carboxylic acid groups (broad SMARTS) is 1. The molecule has 1 aliphatic rings. The van der Waals surface area contributed by atoms with E-state index < -0.39 is 5.97 Å². The average molecular weight is 302 g/mol. The second kappa shape index (κ2) is 6.42. The van der Waals surface area contributed by atoms with E-state index in [0.29, 0.717) is 12.1 Å². The van der Waals surface area contributed by atoms with E-state index in [1.165, 1.54) is 17.5 Å². The summed E-state index contributed by atoms with van der Waals surface area (Å²) < 4.78 is 0. The Morgan fingerprint density at radius 1 is 1.09 bits per heavy atom. The largest absolute Gasteiger partial charge is 0.478 e. The van der Waals surface area contributed by atoms with Crippen LogP contribution in [0.5, 0.6) is 0 Å². The van der Waals surface area contributed by atoms with E-state index in [9.17, 15) is 4.79 Å². The molecule has 0 spiro atoms. The number of allylic oxidation sites excluding steroid dienone is 1. The second-order valence-corrected chi connectivity index (χ2v) is 6.44. The van der Waals surface area contributed by atoms with Crippen molar-refractivity contribution in [3.63, 3.8) is 0 Å². The molecule has 0 atom stereocenters. The van der Waals surface area contributed by atoms with Crippen LogP contribution in [0.15, 0.2) is 24.3 Å². The molecule has 4 heteroatoms. The van der Waals surface area contributed by atoms with E-state index in [4.69, 9.17) is 5.11 Å². The summed E-state index contributed by atoms with van der Waals surface area (Å²) in [4.78, 5) is 15.7. The predicted molar refractivity (Wildman–Crippen MR) is 92.7 cm³/mol. The maximum absolute atomic E-state index is 10.9. The van der Waals surface area contributed by atoms with Gasteiger partial charge < -0.3 is 14.9 Å². The first-order valence-corrected chi connectivity index (χ1v) is 7.90. The first-order valence-electron chi connectivity index (χ1n) is 7.90. The number of rotatable bonds is 4. The minimum absolute atomic E-state index is 0.423. The Balaban J connectivity index is 2.50. The Labute approximate surface area is 133 Å². The smallest absolute Gasteiger partial charge is 0.328 e. The highest BCUT2D eigenvalue weighted by Crippen LogP contribution is 2.37. The monoisotopic (exact) mass is 302 g/mol. The number of benzene rings is 1. The lowest BCUT2D eigenvalue weighted by Gasteiger charge is -2.43. The SMILES string of the molecule is C/C(=C/C(=O)O)c1ccc2c(c1)N(C(C)C)CCN2C(C)C. The maximum Gasteiger partial charge on any atom is 0.328 e. The van der Waals surface area contributed by atoms with Crippen molar-refractivity contribution in [2.45, 2.75) is 46.7 Å². The van der Waals surface area contributed by atoms with Gasteiger partial charge in [0.1, 0.15) is 0 Å². The molecule has 22 heavy (non-hydrogen) atoms. The first kappa shape index (κ1) is 16.4. The van der Waals surface area contributed by atoms with E-state index in [2.05, 4.69) is 49.6 Å². The molecule has 1 aromatic rings. The van der Waals surface area contributed by atoms with Gasteiger partial charge in [0.05, 0.1) is 11.4 Å². The zero-order valence-electron chi connectivity index (χ0n) is 14.1. The van der Waals surface area contributed by atoms with E-state index in [1.54, 1.807) is 0 Å². The van der Waals surface area contributed by atoms with Crippen LogP contribution in [-0.4, -0.2) is 36.2 Å². The zero-order chi connectivity index (χ0) is 16.4. The third-order valence-corrected chi connectivity index (χ3v) is 4.22. The number of carboxylic acids is 1. The number of hydrogen-bond donors (Lipinski definition) is 1. The maximum atomic E-state index is 10.9. The fourth-order valence-corrected chi connectivity index (χ4v) is 3.04. The molecule has 0 radical (unpaired) electrons. The Morgan fingerprint density at radius 3 is 2.14 bits per heavy atom. The molecular weight excluding hydrogens is 276 g/mol. The van der Waals surface area contributed by atoms with Gasteiger partial charge in [0.25, 0.3) is 0 Å². The van der Waals surface area contributed by atoms with Crippen LogP contribution < -0.4 is 9.80 Å². The first-order chi connectivity index (χ1) is 10.3. The minimum Gasteiger partial charge on any atom is -0.478 e. The van der Waals surface area contributed by atoms with Crippen LogP contribution >= 0.6 is 0 Å². The number of fused-ring (bicyclic) bond motifs is 1.